The zero-order chi connectivity index (χ0) is 14.2. The molecule has 1 heterocycles. The molecule has 0 spiro atoms. The van der Waals surface area contributed by atoms with Crippen LogP contribution in [0.5, 0.6) is 0 Å². The van der Waals surface area contributed by atoms with Crippen LogP contribution in [0.25, 0.3) is 0 Å². The van der Waals surface area contributed by atoms with Crippen LogP contribution in [0.3, 0.4) is 0 Å². The van der Waals surface area contributed by atoms with Crippen LogP contribution in [0.15, 0.2) is 12.1 Å². The molecule has 1 aromatic carbocycles. The Morgan fingerprint density at radius 1 is 1.32 bits per heavy atom. The Balaban J connectivity index is 2.40. The van der Waals surface area contributed by atoms with Gasteiger partial charge in [0.15, 0.2) is 0 Å². The molecule has 0 unspecified atom stereocenters. The highest BCUT2D eigenvalue weighted by atomic mass is 19.1. The highest BCUT2D eigenvalue weighted by molar-refractivity contribution is 5.57. The van der Waals surface area contributed by atoms with Crippen molar-refractivity contribution in [2.45, 2.75) is 46.0 Å². The fourth-order valence-corrected chi connectivity index (χ4v) is 2.66. The Hall–Kier alpha value is -1.13. The number of anilines is 1. The fraction of sp³-hybridized carbons (Fsp3) is 0.600. The minimum atomic E-state index is -0.682. The van der Waals surface area contributed by atoms with Crippen LogP contribution in [0, 0.1) is 12.7 Å². The van der Waals surface area contributed by atoms with E-state index in [1.54, 1.807) is 13.8 Å². The third-order valence-electron chi connectivity index (χ3n) is 3.52. The van der Waals surface area contributed by atoms with Gasteiger partial charge in [0.2, 0.25) is 0 Å². The number of halogens is 1. The summed E-state index contributed by atoms with van der Waals surface area (Å²) < 4.78 is 19.4. The number of aliphatic hydroxyl groups is 1. The number of hydrogen-bond donors (Lipinski definition) is 1. The van der Waals surface area contributed by atoms with Gasteiger partial charge < -0.3 is 14.7 Å². The Bertz CT molecular complexity index is 452. The van der Waals surface area contributed by atoms with Gasteiger partial charge in [0.05, 0.1) is 18.3 Å². The summed E-state index contributed by atoms with van der Waals surface area (Å²) in [7, 11) is 0. The van der Waals surface area contributed by atoms with Crippen LogP contribution in [-0.4, -0.2) is 30.4 Å². The third kappa shape index (κ3) is 3.07. The molecule has 0 bridgehead atoms. The highest BCUT2D eigenvalue weighted by Crippen LogP contribution is 2.31. The van der Waals surface area contributed by atoms with Crippen molar-refractivity contribution >= 4 is 5.69 Å². The molecule has 0 amide bonds. The maximum Gasteiger partial charge on any atom is 0.126 e. The summed E-state index contributed by atoms with van der Waals surface area (Å²) in [6, 6.07) is 3.27. The molecule has 3 atom stereocenters. The van der Waals surface area contributed by atoms with Gasteiger partial charge in [0.25, 0.3) is 0 Å². The van der Waals surface area contributed by atoms with Crippen molar-refractivity contribution in [1.82, 2.24) is 0 Å². The lowest BCUT2D eigenvalue weighted by molar-refractivity contribution is -0.00538. The second-order valence-corrected chi connectivity index (χ2v) is 5.50. The van der Waals surface area contributed by atoms with E-state index < -0.39 is 6.10 Å². The van der Waals surface area contributed by atoms with Crippen molar-refractivity contribution in [2.24, 2.45) is 0 Å². The number of benzene rings is 1. The first-order valence-electron chi connectivity index (χ1n) is 6.77. The molecule has 19 heavy (non-hydrogen) atoms. The van der Waals surface area contributed by atoms with E-state index >= 15 is 0 Å². The van der Waals surface area contributed by atoms with Gasteiger partial charge in [-0.2, -0.15) is 0 Å². The fourth-order valence-electron chi connectivity index (χ4n) is 2.66. The maximum atomic E-state index is 13.7. The van der Waals surface area contributed by atoms with Crippen LogP contribution in [0.4, 0.5) is 10.1 Å². The molecule has 4 heteroatoms. The zero-order valence-electron chi connectivity index (χ0n) is 12.0. The lowest BCUT2D eigenvalue weighted by atomic mass is 10.0. The predicted octanol–water partition coefficient (Wildman–Crippen LogP) is 2.80. The van der Waals surface area contributed by atoms with Crippen molar-refractivity contribution in [3.8, 4) is 0 Å². The highest BCUT2D eigenvalue weighted by Gasteiger charge is 2.25. The number of aliphatic hydroxyl groups excluding tert-OH is 1. The molecule has 1 aromatic rings. The van der Waals surface area contributed by atoms with Gasteiger partial charge in [0, 0.05) is 24.3 Å². The Kier molecular flexibility index (Phi) is 4.11. The average molecular weight is 267 g/mol. The molecule has 1 saturated heterocycles. The quantitative estimate of drug-likeness (QED) is 0.894. The van der Waals surface area contributed by atoms with Crippen LogP contribution in [0.2, 0.25) is 0 Å². The molecule has 1 fully saturated rings. The van der Waals surface area contributed by atoms with E-state index in [0.29, 0.717) is 11.1 Å². The van der Waals surface area contributed by atoms with E-state index in [4.69, 9.17) is 4.74 Å². The van der Waals surface area contributed by atoms with E-state index in [1.165, 1.54) is 6.07 Å². The van der Waals surface area contributed by atoms with Crippen LogP contribution < -0.4 is 4.90 Å². The summed E-state index contributed by atoms with van der Waals surface area (Å²) in [6.07, 6.45) is -0.412. The molecule has 0 aliphatic carbocycles. The topological polar surface area (TPSA) is 32.7 Å². The van der Waals surface area contributed by atoms with Crippen LogP contribution in [-0.2, 0) is 4.74 Å². The summed E-state index contributed by atoms with van der Waals surface area (Å²) in [5.41, 5.74) is 2.16. The monoisotopic (exact) mass is 267 g/mol. The molecular formula is C15H22FNO2. The third-order valence-corrected chi connectivity index (χ3v) is 3.52. The first-order valence-corrected chi connectivity index (χ1v) is 6.77. The molecule has 1 aliphatic heterocycles. The average Bonchev–Trinajstić information content (AvgIpc) is 2.30. The van der Waals surface area contributed by atoms with Crippen molar-refractivity contribution in [3.63, 3.8) is 0 Å². The Morgan fingerprint density at radius 3 is 2.42 bits per heavy atom. The molecule has 0 aromatic heterocycles. The Labute approximate surface area is 114 Å². The molecule has 3 nitrogen and oxygen atoms in total. The lowest BCUT2D eigenvalue weighted by Crippen LogP contribution is -2.46. The molecule has 1 N–H and O–H groups in total. The molecule has 106 valence electrons. The van der Waals surface area contributed by atoms with Gasteiger partial charge in [-0.15, -0.1) is 0 Å². The Morgan fingerprint density at radius 2 is 1.89 bits per heavy atom. The van der Waals surface area contributed by atoms with E-state index in [0.717, 1.165) is 18.8 Å². The first-order chi connectivity index (χ1) is 8.88. The minimum absolute atomic E-state index is 0.135. The standard InChI is InChI=1S/C15H22FNO2/c1-9-5-15(13(12(4)18)6-14(9)16)17-7-10(2)19-11(3)8-17/h5-6,10-12,18H,7-8H2,1-4H3/t10-,11+,12-/m0/s1. The lowest BCUT2D eigenvalue weighted by Gasteiger charge is -2.38. The number of rotatable bonds is 2. The maximum absolute atomic E-state index is 13.7. The zero-order valence-corrected chi connectivity index (χ0v) is 12.0. The first kappa shape index (κ1) is 14.3. The largest absolute Gasteiger partial charge is 0.389 e. The van der Waals surface area contributed by atoms with Gasteiger partial charge in [-0.1, -0.05) is 0 Å². The SMILES string of the molecule is Cc1cc(N2C[C@@H](C)O[C@@H](C)C2)c([C@H](C)O)cc1F. The van der Waals surface area contributed by atoms with E-state index in [9.17, 15) is 9.50 Å². The number of aryl methyl sites for hydroxylation is 1. The number of morpholine rings is 1. The summed E-state index contributed by atoms with van der Waals surface area (Å²) in [4.78, 5) is 2.17. The van der Waals surface area contributed by atoms with Gasteiger partial charge in [0.1, 0.15) is 5.82 Å². The molecular weight excluding hydrogens is 245 g/mol. The van der Waals surface area contributed by atoms with E-state index in [-0.39, 0.29) is 18.0 Å². The summed E-state index contributed by atoms with van der Waals surface area (Å²) in [5.74, 6) is -0.269. The smallest absolute Gasteiger partial charge is 0.126 e. The number of hydrogen-bond acceptors (Lipinski definition) is 3. The van der Waals surface area contributed by atoms with Crippen molar-refractivity contribution in [2.75, 3.05) is 18.0 Å². The molecule has 1 aliphatic rings. The van der Waals surface area contributed by atoms with Crippen LogP contribution >= 0.6 is 0 Å². The van der Waals surface area contributed by atoms with Crippen molar-refractivity contribution in [1.29, 1.82) is 0 Å². The second kappa shape index (κ2) is 5.47. The molecule has 0 saturated carbocycles. The van der Waals surface area contributed by atoms with Gasteiger partial charge in [-0.25, -0.2) is 4.39 Å². The normalized spacial score (nSPS) is 25.5. The predicted molar refractivity (Wildman–Crippen MR) is 74.0 cm³/mol. The summed E-state index contributed by atoms with van der Waals surface area (Å²) >= 11 is 0. The number of nitrogens with zero attached hydrogens (tertiary/aromatic N) is 1. The number of ether oxygens (including phenoxy) is 1. The van der Waals surface area contributed by atoms with Gasteiger partial charge >= 0.3 is 0 Å². The van der Waals surface area contributed by atoms with E-state index in [1.807, 2.05) is 19.9 Å². The van der Waals surface area contributed by atoms with Crippen molar-refractivity contribution in [3.05, 3.63) is 29.1 Å². The molecule has 0 radical (unpaired) electrons. The second-order valence-electron chi connectivity index (χ2n) is 5.50. The summed E-state index contributed by atoms with van der Waals surface area (Å²) in [6.45, 7) is 8.99. The van der Waals surface area contributed by atoms with Gasteiger partial charge in [-0.05, 0) is 45.4 Å². The van der Waals surface area contributed by atoms with Crippen molar-refractivity contribution < 1.29 is 14.2 Å². The minimum Gasteiger partial charge on any atom is -0.389 e. The van der Waals surface area contributed by atoms with Crippen LogP contribution in [0.1, 0.15) is 38.0 Å². The van der Waals surface area contributed by atoms with Gasteiger partial charge in [-0.3, -0.25) is 0 Å². The van der Waals surface area contributed by atoms with E-state index in [2.05, 4.69) is 4.90 Å². The molecule has 2 rings (SSSR count). The summed E-state index contributed by atoms with van der Waals surface area (Å²) in [5, 5.41) is 9.86.